The zero-order valence-electron chi connectivity index (χ0n) is 26.6. The summed E-state index contributed by atoms with van der Waals surface area (Å²) in [6, 6.07) is 23.7. The quantitative estimate of drug-likeness (QED) is 0.175. The van der Waals surface area contributed by atoms with Gasteiger partial charge in [-0.15, -0.1) is 0 Å². The summed E-state index contributed by atoms with van der Waals surface area (Å²) in [6.07, 6.45) is 7.43. The van der Waals surface area contributed by atoms with Crippen molar-refractivity contribution in [3.63, 3.8) is 0 Å². The zero-order valence-corrected chi connectivity index (χ0v) is 26.6. The average Bonchev–Trinajstić information content (AvgIpc) is 3.07. The summed E-state index contributed by atoms with van der Waals surface area (Å²) >= 11 is 0. The normalized spacial score (nSPS) is 13.5. The Balaban J connectivity index is 1.27. The van der Waals surface area contributed by atoms with Gasteiger partial charge in [0.15, 0.2) is 11.2 Å². The second kappa shape index (κ2) is 13.5. The fourth-order valence-corrected chi connectivity index (χ4v) is 6.05. The molecular formula is C39H39N3O4. The smallest absolute Gasteiger partial charge is 0.200 e. The van der Waals surface area contributed by atoms with E-state index in [-0.39, 0.29) is 23.2 Å². The van der Waals surface area contributed by atoms with Gasteiger partial charge in [-0.3, -0.25) is 9.59 Å². The maximum absolute atomic E-state index is 13.7. The maximum atomic E-state index is 13.7. The van der Waals surface area contributed by atoms with Crippen LogP contribution in [0.25, 0.3) is 33.4 Å². The van der Waals surface area contributed by atoms with Gasteiger partial charge in [0, 0.05) is 61.5 Å². The monoisotopic (exact) mass is 613 g/mol. The van der Waals surface area contributed by atoms with E-state index >= 15 is 0 Å². The van der Waals surface area contributed by atoms with Gasteiger partial charge in [-0.05, 0) is 72.6 Å². The fraction of sp³-hybridized carbons (Fsp3) is 0.256. The lowest BCUT2D eigenvalue weighted by Gasteiger charge is -2.23. The molecule has 1 fully saturated rings. The number of rotatable bonds is 9. The molecule has 5 aromatic rings. The van der Waals surface area contributed by atoms with Crippen LogP contribution in [0.2, 0.25) is 0 Å². The van der Waals surface area contributed by atoms with Gasteiger partial charge in [0.25, 0.3) is 0 Å². The number of hydrogen-bond donors (Lipinski definition) is 1. The predicted octanol–water partition coefficient (Wildman–Crippen LogP) is 7.30. The van der Waals surface area contributed by atoms with Crippen molar-refractivity contribution >= 4 is 11.6 Å². The summed E-state index contributed by atoms with van der Waals surface area (Å²) in [6.45, 7) is 6.24. The van der Waals surface area contributed by atoms with Gasteiger partial charge in [-0.2, -0.15) is 0 Å². The number of nitrogens with two attached hydrogens (primary N) is 1. The van der Waals surface area contributed by atoms with Crippen molar-refractivity contribution < 1.29 is 14.3 Å². The minimum atomic E-state index is -0.239. The highest BCUT2D eigenvalue weighted by Gasteiger charge is 2.20. The molecule has 0 bridgehead atoms. The number of ether oxygens (including phenoxy) is 2. The number of nitrogens with zero attached hydrogens (tertiary/aromatic N) is 2. The van der Waals surface area contributed by atoms with Gasteiger partial charge >= 0.3 is 0 Å². The fourth-order valence-electron chi connectivity index (χ4n) is 6.05. The van der Waals surface area contributed by atoms with Crippen LogP contribution in [0.5, 0.6) is 5.75 Å². The maximum Gasteiger partial charge on any atom is 0.200 e. The number of methoxy groups -OCH3 is 1. The van der Waals surface area contributed by atoms with Crippen molar-refractivity contribution in [2.45, 2.75) is 39.7 Å². The molecule has 0 unspecified atom stereocenters. The summed E-state index contributed by atoms with van der Waals surface area (Å²) in [5, 5.41) is 0. The van der Waals surface area contributed by atoms with Crippen LogP contribution in [0.3, 0.4) is 0 Å². The van der Waals surface area contributed by atoms with Crippen molar-refractivity contribution in [2.24, 2.45) is 5.92 Å². The third-order valence-electron chi connectivity index (χ3n) is 8.84. The molecule has 7 heteroatoms. The van der Waals surface area contributed by atoms with Crippen LogP contribution in [0.15, 0.2) is 96.2 Å². The first-order chi connectivity index (χ1) is 22.3. The lowest BCUT2D eigenvalue weighted by atomic mass is 9.96. The molecule has 1 aliphatic rings. The molecule has 0 amide bonds. The SMILES string of the molecule is COc1cc(-c2cnc(N)c(-c3ccc(CC(=O)c4cn(CC5CCOCC5)cc(-c5ccc(C)cc5)c4=O)cc3)c2)ccc1C. The number of benzene rings is 3. The van der Waals surface area contributed by atoms with Crippen LogP contribution in [0, 0.1) is 19.8 Å². The lowest BCUT2D eigenvalue weighted by molar-refractivity contribution is 0.0612. The van der Waals surface area contributed by atoms with Crippen molar-refractivity contribution in [3.05, 3.63) is 124 Å². The molecule has 0 spiro atoms. The van der Waals surface area contributed by atoms with Gasteiger partial charge in [0.1, 0.15) is 11.6 Å². The number of Topliss-reactive ketones (excluding diaryl/α,β-unsaturated/α-hetero) is 1. The Labute approximate surface area is 269 Å². The number of aryl methyl sites for hydroxylation is 2. The van der Waals surface area contributed by atoms with Crippen molar-refractivity contribution in [2.75, 3.05) is 26.1 Å². The Morgan fingerprint density at radius 1 is 0.891 bits per heavy atom. The third kappa shape index (κ3) is 6.80. The van der Waals surface area contributed by atoms with E-state index in [9.17, 15) is 9.59 Å². The van der Waals surface area contributed by atoms with Crippen LogP contribution in [0.1, 0.15) is 39.9 Å². The van der Waals surface area contributed by atoms with Crippen LogP contribution < -0.4 is 15.9 Å². The van der Waals surface area contributed by atoms with Gasteiger partial charge < -0.3 is 19.8 Å². The van der Waals surface area contributed by atoms with Gasteiger partial charge in [0.2, 0.25) is 0 Å². The van der Waals surface area contributed by atoms with Crippen molar-refractivity contribution in [1.82, 2.24) is 9.55 Å². The zero-order chi connectivity index (χ0) is 32.2. The minimum Gasteiger partial charge on any atom is -0.496 e. The minimum absolute atomic E-state index is 0.112. The second-order valence-electron chi connectivity index (χ2n) is 12.2. The molecule has 6 rings (SSSR count). The van der Waals surface area contributed by atoms with Crippen LogP contribution in [0.4, 0.5) is 5.82 Å². The van der Waals surface area contributed by atoms with E-state index in [2.05, 4.69) is 4.98 Å². The van der Waals surface area contributed by atoms with Crippen LogP contribution in [-0.2, 0) is 17.7 Å². The largest absolute Gasteiger partial charge is 0.496 e. The molecule has 1 saturated heterocycles. The first-order valence-electron chi connectivity index (χ1n) is 15.7. The van der Waals surface area contributed by atoms with Crippen LogP contribution >= 0.6 is 0 Å². The number of anilines is 1. The average molecular weight is 614 g/mol. The molecule has 46 heavy (non-hydrogen) atoms. The number of carbonyl (C=O) groups is 1. The number of pyridine rings is 2. The number of hydrogen-bond acceptors (Lipinski definition) is 6. The molecule has 234 valence electrons. The van der Waals surface area contributed by atoms with E-state index in [4.69, 9.17) is 15.2 Å². The topological polar surface area (TPSA) is 96.4 Å². The summed E-state index contributed by atoms with van der Waals surface area (Å²) in [5.41, 5.74) is 14.2. The number of carbonyl (C=O) groups excluding carboxylic acids is 1. The molecule has 3 aromatic carbocycles. The Bertz CT molecular complexity index is 1920. The Kier molecular flexibility index (Phi) is 9.13. The summed E-state index contributed by atoms with van der Waals surface area (Å²) in [4.78, 5) is 31.9. The summed E-state index contributed by atoms with van der Waals surface area (Å²) in [5.74, 6) is 1.46. The van der Waals surface area contributed by atoms with E-state index < -0.39 is 0 Å². The summed E-state index contributed by atoms with van der Waals surface area (Å²) < 4.78 is 13.1. The standard InChI is InChI=1S/C39H39N3O4/c1-25-4-9-30(10-5-25)34-23-42(22-28-14-16-46-17-15-28)24-35(38(34)44)36(43)18-27-7-12-29(13-8-27)33-19-32(21-41-39(33)40)31-11-6-26(2)37(20-31)45-3/h4-13,19-21,23-24,28H,14-18,22H2,1-3H3,(H2,40,41). The van der Waals surface area contributed by atoms with E-state index in [1.54, 1.807) is 19.5 Å². The molecule has 0 radical (unpaired) electrons. The lowest BCUT2D eigenvalue weighted by Crippen LogP contribution is -2.25. The second-order valence-corrected chi connectivity index (χ2v) is 12.2. The number of ketones is 1. The van der Waals surface area contributed by atoms with E-state index in [0.717, 1.165) is 82.9 Å². The third-order valence-corrected chi connectivity index (χ3v) is 8.84. The molecule has 2 N–H and O–H groups in total. The van der Waals surface area contributed by atoms with E-state index in [0.29, 0.717) is 17.3 Å². The predicted molar refractivity (Wildman–Crippen MR) is 183 cm³/mol. The Morgan fingerprint density at radius 3 is 2.28 bits per heavy atom. The molecule has 7 nitrogen and oxygen atoms in total. The molecule has 0 saturated carbocycles. The van der Waals surface area contributed by atoms with Gasteiger partial charge in [-0.25, -0.2) is 4.98 Å². The highest BCUT2D eigenvalue weighted by Crippen LogP contribution is 2.32. The molecular weight excluding hydrogens is 574 g/mol. The van der Waals surface area contributed by atoms with E-state index in [1.807, 2.05) is 97.4 Å². The van der Waals surface area contributed by atoms with Crippen molar-refractivity contribution in [1.29, 1.82) is 0 Å². The first-order valence-corrected chi connectivity index (χ1v) is 15.7. The number of nitrogen functional groups attached to an aromatic ring is 1. The summed E-state index contributed by atoms with van der Waals surface area (Å²) in [7, 11) is 1.66. The number of aromatic nitrogens is 2. The molecule has 0 atom stereocenters. The Morgan fingerprint density at radius 2 is 1.57 bits per heavy atom. The van der Waals surface area contributed by atoms with Gasteiger partial charge in [0.05, 0.1) is 12.7 Å². The van der Waals surface area contributed by atoms with Crippen LogP contribution in [-0.4, -0.2) is 35.7 Å². The molecule has 2 aromatic heterocycles. The van der Waals surface area contributed by atoms with Crippen molar-refractivity contribution in [3.8, 4) is 39.1 Å². The molecule has 3 heterocycles. The van der Waals surface area contributed by atoms with E-state index in [1.165, 1.54) is 0 Å². The van der Waals surface area contributed by atoms with Gasteiger partial charge in [-0.1, -0.05) is 66.2 Å². The highest BCUT2D eigenvalue weighted by molar-refractivity contribution is 5.98. The first kappa shape index (κ1) is 31.0. The highest BCUT2D eigenvalue weighted by atomic mass is 16.5. The molecule has 1 aliphatic heterocycles. The Hall–Kier alpha value is -5.01. The molecule has 0 aliphatic carbocycles.